The van der Waals surface area contributed by atoms with Gasteiger partial charge in [-0.1, -0.05) is 39.8 Å². The second-order valence-electron chi connectivity index (χ2n) is 15.2. The number of aromatic nitrogens is 4. The van der Waals surface area contributed by atoms with Crippen LogP contribution in [-0.2, 0) is 14.3 Å². The molecule has 0 spiro atoms. The molecule has 15 nitrogen and oxygen atoms in total. The van der Waals surface area contributed by atoms with Crippen LogP contribution in [0.15, 0.2) is 53.2 Å². The summed E-state index contributed by atoms with van der Waals surface area (Å²) in [5.74, 6) is 0.668. The number of amides is 4. The zero-order valence-corrected chi connectivity index (χ0v) is 32.0. The molecule has 0 radical (unpaired) electrons. The number of nitrogens with zero attached hydrogens (tertiary/aromatic N) is 5. The van der Waals surface area contributed by atoms with E-state index in [1.807, 2.05) is 64.1 Å². The molecule has 5 aromatic rings. The number of alkyl carbamates (subject to hydrolysis) is 1. The minimum absolute atomic E-state index is 0.123. The molecule has 2 aliphatic heterocycles. The van der Waals surface area contributed by atoms with Gasteiger partial charge >= 0.3 is 12.2 Å². The number of furan rings is 1. The summed E-state index contributed by atoms with van der Waals surface area (Å²) < 4.78 is 11.2. The van der Waals surface area contributed by atoms with Gasteiger partial charge in [-0.15, -0.1) is 0 Å². The first-order valence-electron chi connectivity index (χ1n) is 18.8. The number of imidazole rings is 2. The third-order valence-electron chi connectivity index (χ3n) is 11.0. The summed E-state index contributed by atoms with van der Waals surface area (Å²) in [6, 6.07) is 10.0. The van der Waals surface area contributed by atoms with Crippen LogP contribution in [0.4, 0.5) is 9.59 Å². The zero-order valence-electron chi connectivity index (χ0n) is 32.0. The van der Waals surface area contributed by atoms with Crippen molar-refractivity contribution in [2.45, 2.75) is 77.5 Å². The number of methoxy groups -OCH3 is 1. The highest BCUT2D eigenvalue weighted by Gasteiger charge is 2.40. The van der Waals surface area contributed by atoms with Crippen molar-refractivity contribution in [1.29, 1.82) is 0 Å². The molecule has 15 heteroatoms. The van der Waals surface area contributed by atoms with Crippen molar-refractivity contribution in [2.24, 2.45) is 11.8 Å². The Bertz CT molecular complexity index is 2240. The van der Waals surface area contributed by atoms with Crippen molar-refractivity contribution in [3.63, 3.8) is 0 Å². The lowest BCUT2D eigenvalue weighted by Crippen LogP contribution is -2.51. The molecule has 4 amide bonds. The molecule has 55 heavy (non-hydrogen) atoms. The van der Waals surface area contributed by atoms with Gasteiger partial charge in [-0.2, -0.15) is 0 Å². The number of hydrogen-bond donors (Lipinski definition) is 4. The number of H-pyrrole nitrogens is 2. The largest absolute Gasteiger partial charge is 0.465 e. The van der Waals surface area contributed by atoms with Crippen LogP contribution in [0.1, 0.15) is 77.1 Å². The molecule has 0 unspecified atom stereocenters. The summed E-state index contributed by atoms with van der Waals surface area (Å²) in [7, 11) is 2.72. The lowest BCUT2D eigenvalue weighted by molar-refractivity contribution is -0.138. The second kappa shape index (κ2) is 15.1. The van der Waals surface area contributed by atoms with Gasteiger partial charge in [-0.05, 0) is 61.8 Å². The van der Waals surface area contributed by atoms with Crippen LogP contribution in [0.2, 0.25) is 0 Å². The molecule has 2 saturated heterocycles. The average Bonchev–Trinajstić information content (AvgIpc) is 4.01. The average molecular weight is 753 g/mol. The van der Waals surface area contributed by atoms with Crippen LogP contribution >= 0.6 is 0 Å². The maximum absolute atomic E-state index is 13.7. The third-order valence-corrected chi connectivity index (χ3v) is 11.0. The monoisotopic (exact) mass is 752 g/mol. The Morgan fingerprint density at radius 2 is 1.35 bits per heavy atom. The van der Waals surface area contributed by atoms with Crippen molar-refractivity contribution >= 4 is 45.9 Å². The quantitative estimate of drug-likeness (QED) is 0.120. The number of ether oxygens (including phenoxy) is 1. The lowest BCUT2D eigenvalue weighted by Gasteiger charge is -2.33. The Morgan fingerprint density at radius 1 is 0.836 bits per heavy atom. The number of benzene rings is 2. The van der Waals surface area contributed by atoms with Gasteiger partial charge in [0.05, 0.1) is 43.0 Å². The van der Waals surface area contributed by atoms with E-state index in [0.717, 1.165) is 63.9 Å². The van der Waals surface area contributed by atoms with Gasteiger partial charge in [0.15, 0.2) is 0 Å². The molecule has 290 valence electrons. The normalized spacial score (nSPS) is 18.4. The number of likely N-dealkylation sites (N-methyl/N-ethyl adjacent to an activating group) is 1. The van der Waals surface area contributed by atoms with E-state index in [4.69, 9.17) is 9.15 Å². The molecule has 3 aromatic heterocycles. The van der Waals surface area contributed by atoms with Gasteiger partial charge < -0.3 is 39.3 Å². The molecule has 4 N–H and O–H groups in total. The number of carbonyl (C=O) groups is 4. The van der Waals surface area contributed by atoms with Crippen LogP contribution in [0, 0.1) is 11.8 Å². The summed E-state index contributed by atoms with van der Waals surface area (Å²) >= 11 is 0. The predicted molar refractivity (Wildman–Crippen MR) is 205 cm³/mol. The molecular weight excluding hydrogens is 704 g/mol. The topological polar surface area (TPSA) is 190 Å². The van der Waals surface area contributed by atoms with E-state index in [9.17, 15) is 24.3 Å². The smallest absolute Gasteiger partial charge is 0.407 e. The molecule has 0 aliphatic carbocycles. The molecular formula is C40H48N8O7. The zero-order chi connectivity index (χ0) is 39.1. The first-order chi connectivity index (χ1) is 26.4. The molecule has 2 aromatic carbocycles. The molecule has 2 fully saturated rings. The number of likely N-dealkylation sites (tertiary alicyclic amines) is 2. The van der Waals surface area contributed by atoms with Gasteiger partial charge in [-0.25, -0.2) is 19.6 Å². The Morgan fingerprint density at radius 3 is 1.80 bits per heavy atom. The van der Waals surface area contributed by atoms with Crippen LogP contribution in [0.3, 0.4) is 0 Å². The number of hydrogen-bond acceptors (Lipinski definition) is 8. The first kappa shape index (κ1) is 37.5. The standard InChI is InChI=1S/C40H48N8O7/c1-21(2)33(45-39(51)54-6)37(49)47-15-7-9-29(47)35-41-19-27(43-35)23-11-13-25-26-14-12-24(18-32(26)55-31(25)17-23)28-20-42-36(44-28)30-10-8-16-48(30)38(50)34(22(3)4)46(5)40(52)53/h11-14,17-22,29-30,33-34H,7-10,15-16H2,1-6H3,(H,41,43)(H,42,44)(H,45,51)(H,52,53)/t29-,30-,33-,34-/m0/s1. The van der Waals surface area contributed by atoms with Gasteiger partial charge in [0.25, 0.3) is 0 Å². The van der Waals surface area contributed by atoms with Crippen molar-refractivity contribution in [3.05, 3.63) is 60.4 Å². The van der Waals surface area contributed by atoms with E-state index in [1.54, 1.807) is 22.2 Å². The highest BCUT2D eigenvalue weighted by molar-refractivity contribution is 6.06. The third kappa shape index (κ3) is 7.10. The number of carboxylic acid groups (broad SMARTS) is 1. The summed E-state index contributed by atoms with van der Waals surface area (Å²) in [5, 5.41) is 14.2. The van der Waals surface area contributed by atoms with Crippen LogP contribution < -0.4 is 5.32 Å². The summed E-state index contributed by atoms with van der Waals surface area (Å²) in [6.07, 6.45) is 4.87. The fourth-order valence-electron chi connectivity index (χ4n) is 8.11. The van der Waals surface area contributed by atoms with Gasteiger partial charge in [0.2, 0.25) is 11.8 Å². The SMILES string of the molecule is COC(=O)N[C@H](C(=O)N1CCC[C@H]1c1ncc(-c2ccc3c(c2)oc2cc(-c4cnc([C@@H]5CCCN5C(=O)[C@H](C(C)C)N(C)C(=O)O)[nH]4)ccc23)[nH]1)C(C)C. The molecule has 0 saturated carbocycles. The second-order valence-corrected chi connectivity index (χ2v) is 15.2. The number of nitrogens with one attached hydrogen (secondary N) is 3. The number of rotatable bonds is 10. The van der Waals surface area contributed by atoms with E-state index < -0.39 is 24.3 Å². The maximum atomic E-state index is 13.7. The van der Waals surface area contributed by atoms with Crippen LogP contribution in [0.5, 0.6) is 0 Å². The van der Waals surface area contributed by atoms with Gasteiger partial charge in [0.1, 0.15) is 34.9 Å². The lowest BCUT2D eigenvalue weighted by atomic mass is 10.0. The minimum atomic E-state index is -1.13. The van der Waals surface area contributed by atoms with Gasteiger partial charge in [0, 0.05) is 42.0 Å². The Labute approximate surface area is 318 Å². The van der Waals surface area contributed by atoms with E-state index in [-0.39, 0.29) is 35.7 Å². The molecule has 7 rings (SSSR count). The summed E-state index contributed by atoms with van der Waals surface area (Å²) in [6.45, 7) is 8.60. The molecule has 2 aliphatic rings. The highest BCUT2D eigenvalue weighted by Crippen LogP contribution is 2.37. The summed E-state index contributed by atoms with van der Waals surface area (Å²) in [5.41, 5.74) is 4.76. The van der Waals surface area contributed by atoms with E-state index in [1.165, 1.54) is 14.2 Å². The Hall–Kier alpha value is -5.86. The molecule has 0 bridgehead atoms. The van der Waals surface area contributed by atoms with E-state index >= 15 is 0 Å². The van der Waals surface area contributed by atoms with Crippen molar-refractivity contribution in [2.75, 3.05) is 27.2 Å². The maximum Gasteiger partial charge on any atom is 0.407 e. The molecule has 5 heterocycles. The number of aromatic amines is 2. The van der Waals surface area contributed by atoms with Crippen molar-refractivity contribution in [1.82, 2.24) is 40.0 Å². The predicted octanol–water partition coefficient (Wildman–Crippen LogP) is 6.71. The van der Waals surface area contributed by atoms with Gasteiger partial charge in [-0.3, -0.25) is 14.5 Å². The van der Waals surface area contributed by atoms with Crippen LogP contribution in [0.25, 0.3) is 44.5 Å². The summed E-state index contributed by atoms with van der Waals surface area (Å²) in [4.78, 5) is 71.8. The minimum Gasteiger partial charge on any atom is -0.465 e. The van der Waals surface area contributed by atoms with E-state index in [0.29, 0.717) is 35.9 Å². The number of carbonyl (C=O) groups excluding carboxylic acids is 3. The van der Waals surface area contributed by atoms with Crippen LogP contribution in [-0.4, -0.2) is 103 Å². The fourth-order valence-corrected chi connectivity index (χ4v) is 8.11. The van der Waals surface area contributed by atoms with E-state index in [2.05, 4.69) is 25.3 Å². The number of fused-ring (bicyclic) bond motifs is 3. The van der Waals surface area contributed by atoms with Crippen molar-refractivity contribution in [3.8, 4) is 22.5 Å². The Kier molecular flexibility index (Phi) is 10.3. The fraction of sp³-hybridized carbons (Fsp3) is 0.450. The first-order valence-corrected chi connectivity index (χ1v) is 18.8. The highest BCUT2D eigenvalue weighted by atomic mass is 16.5. The Balaban J connectivity index is 1.09. The molecule has 4 atom stereocenters. The van der Waals surface area contributed by atoms with Crippen molar-refractivity contribution < 1.29 is 33.4 Å².